The molecular weight excluding hydrogens is 444 g/mol. The lowest BCUT2D eigenvalue weighted by Crippen LogP contribution is -2.39. The highest BCUT2D eigenvalue weighted by Crippen LogP contribution is 2.59. The van der Waals surface area contributed by atoms with Crippen molar-refractivity contribution in [2.24, 2.45) is 17.0 Å². The molecule has 2 saturated carbocycles. The Hall–Kier alpha value is -3.06. The lowest BCUT2D eigenvalue weighted by atomic mass is 10.0. The third-order valence-electron chi connectivity index (χ3n) is 6.16. The molecule has 2 unspecified atom stereocenters. The summed E-state index contributed by atoms with van der Waals surface area (Å²) in [5, 5.41) is 3.88. The van der Waals surface area contributed by atoms with Gasteiger partial charge < -0.3 is 14.3 Å². The first-order valence-electron chi connectivity index (χ1n) is 11.0. The molecule has 7 nitrogen and oxygen atoms in total. The lowest BCUT2D eigenvalue weighted by molar-refractivity contribution is -0.121. The highest BCUT2D eigenvalue weighted by molar-refractivity contribution is 6.47. The summed E-state index contributed by atoms with van der Waals surface area (Å²) < 4.78 is 10.8. The van der Waals surface area contributed by atoms with Gasteiger partial charge in [0.15, 0.2) is 11.8 Å². The summed E-state index contributed by atoms with van der Waals surface area (Å²) in [5.74, 6) is 2.50. The molecule has 2 fully saturated rings. The molecular formula is C25H27ClN2O5. The molecule has 0 aliphatic heterocycles. The van der Waals surface area contributed by atoms with Crippen molar-refractivity contribution in [3.05, 3.63) is 65.2 Å². The Labute approximate surface area is 198 Å². The Bertz CT molecular complexity index is 1050. The van der Waals surface area contributed by atoms with Gasteiger partial charge in [0.05, 0.1) is 0 Å². The van der Waals surface area contributed by atoms with Gasteiger partial charge in [-0.1, -0.05) is 53.2 Å². The number of amides is 2. The van der Waals surface area contributed by atoms with Gasteiger partial charge in [-0.05, 0) is 60.3 Å². The van der Waals surface area contributed by atoms with E-state index in [2.05, 4.69) is 17.3 Å². The number of rotatable bonds is 9. The molecule has 2 aromatic carbocycles. The van der Waals surface area contributed by atoms with Crippen molar-refractivity contribution in [3.63, 3.8) is 0 Å². The van der Waals surface area contributed by atoms with Gasteiger partial charge in [-0.15, -0.1) is 0 Å². The van der Waals surface area contributed by atoms with Crippen molar-refractivity contribution in [1.29, 1.82) is 0 Å². The lowest BCUT2D eigenvalue weighted by Gasteiger charge is -2.17. The molecule has 0 heterocycles. The molecule has 0 N–H and O–H groups in total. The second-order valence-corrected chi connectivity index (χ2v) is 8.59. The number of imide groups is 1. The number of likely N-dealkylation sites (N-methyl/N-ethyl adjacent to an activating group) is 1. The highest BCUT2D eigenvalue weighted by atomic mass is 35.5. The maximum absolute atomic E-state index is 12.9. The fraction of sp³-hybridized carbons (Fsp3) is 0.400. The van der Waals surface area contributed by atoms with Crippen LogP contribution in [-0.2, 0) is 21.0 Å². The first kappa shape index (κ1) is 23.1. The van der Waals surface area contributed by atoms with E-state index in [4.69, 9.17) is 25.9 Å². The van der Waals surface area contributed by atoms with Gasteiger partial charge in [0.2, 0.25) is 0 Å². The Morgan fingerprint density at radius 2 is 1.94 bits per heavy atom. The molecule has 0 spiro atoms. The van der Waals surface area contributed by atoms with Gasteiger partial charge in [0.25, 0.3) is 5.91 Å². The maximum Gasteiger partial charge on any atom is 0.417 e. The van der Waals surface area contributed by atoms with Crippen molar-refractivity contribution >= 4 is 29.3 Å². The zero-order chi connectivity index (χ0) is 23.4. The normalized spacial score (nSPS) is 19.5. The van der Waals surface area contributed by atoms with Crippen LogP contribution in [0.2, 0.25) is 0 Å². The van der Waals surface area contributed by atoms with Crippen molar-refractivity contribution in [3.8, 4) is 5.75 Å². The van der Waals surface area contributed by atoms with Crippen LogP contribution in [0.4, 0.5) is 4.79 Å². The number of carbonyl (C=O) groups is 2. The summed E-state index contributed by atoms with van der Waals surface area (Å²) in [7, 11) is 2.63. The van der Waals surface area contributed by atoms with Crippen LogP contribution < -0.4 is 4.74 Å². The number of nitrogens with zero attached hydrogens (tertiary/aromatic N) is 2. The van der Waals surface area contributed by atoms with E-state index in [1.165, 1.54) is 39.0 Å². The minimum Gasteiger partial charge on any atom is -0.489 e. The van der Waals surface area contributed by atoms with E-state index in [1.807, 2.05) is 24.3 Å². The topological polar surface area (TPSA) is 77.4 Å². The Morgan fingerprint density at radius 1 is 1.15 bits per heavy atom. The molecule has 0 aromatic heterocycles. The monoisotopic (exact) mass is 470 g/mol. The third kappa shape index (κ3) is 5.47. The highest BCUT2D eigenvalue weighted by Gasteiger charge is 2.47. The van der Waals surface area contributed by atoms with E-state index in [9.17, 15) is 9.59 Å². The van der Waals surface area contributed by atoms with Crippen LogP contribution in [0.15, 0.2) is 53.7 Å². The summed E-state index contributed by atoms with van der Waals surface area (Å²) >= 11 is 5.44. The summed E-state index contributed by atoms with van der Waals surface area (Å²) in [6.07, 6.45) is 3.14. The number of hydrogen-bond donors (Lipinski definition) is 0. The Balaban J connectivity index is 1.49. The van der Waals surface area contributed by atoms with Crippen molar-refractivity contribution in [2.75, 3.05) is 20.2 Å². The number of alkyl halides is 1. The van der Waals surface area contributed by atoms with Gasteiger partial charge >= 0.3 is 6.09 Å². The predicted octanol–water partition coefficient (Wildman–Crippen LogP) is 4.92. The minimum absolute atomic E-state index is 0.0373. The first-order valence-corrected chi connectivity index (χ1v) is 11.5. The zero-order valence-electron chi connectivity index (χ0n) is 18.7. The number of ether oxygens (including phenoxy) is 2. The van der Waals surface area contributed by atoms with Crippen LogP contribution in [0.25, 0.3) is 0 Å². The Kier molecular flexibility index (Phi) is 7.18. The average molecular weight is 471 g/mol. The maximum atomic E-state index is 12.9. The van der Waals surface area contributed by atoms with E-state index < -0.39 is 12.0 Å². The molecule has 33 heavy (non-hydrogen) atoms. The standard InChI is InChI=1S/C25H27ClN2O5/c1-28(25(30)33-15-26)24(29)23(27-31-2)20-9-4-3-6-18(20)14-32-19-8-5-7-17(12-19)22-13-21(22)16-10-11-16/h3-9,12,16,21-22H,10-11,13-15H2,1-2H3. The number of benzene rings is 2. The smallest absolute Gasteiger partial charge is 0.417 e. The van der Waals surface area contributed by atoms with E-state index in [0.717, 1.165) is 28.0 Å². The van der Waals surface area contributed by atoms with E-state index >= 15 is 0 Å². The molecule has 2 aliphatic rings. The molecule has 8 heteroatoms. The SMILES string of the molecule is CON=C(C(=O)N(C)C(=O)OCCl)c1ccccc1COc1cccc(C2CC2C2CC2)c1. The van der Waals surface area contributed by atoms with Gasteiger partial charge in [-0.25, -0.2) is 9.69 Å². The molecule has 174 valence electrons. The first-order chi connectivity index (χ1) is 16.0. The average Bonchev–Trinajstić information content (AvgIpc) is 3.74. The van der Waals surface area contributed by atoms with Crippen molar-refractivity contribution in [1.82, 2.24) is 4.90 Å². The molecule has 4 rings (SSSR count). The molecule has 0 bridgehead atoms. The van der Waals surface area contributed by atoms with Crippen LogP contribution >= 0.6 is 11.6 Å². The molecule has 2 atom stereocenters. The number of carbonyl (C=O) groups excluding carboxylic acids is 2. The minimum atomic E-state index is -0.881. The number of hydrogen-bond acceptors (Lipinski definition) is 6. The van der Waals surface area contributed by atoms with E-state index in [1.54, 1.807) is 12.1 Å². The largest absolute Gasteiger partial charge is 0.489 e. The summed E-state index contributed by atoms with van der Waals surface area (Å²) in [4.78, 5) is 30.6. The molecule has 0 saturated heterocycles. The van der Waals surface area contributed by atoms with Crippen molar-refractivity contribution in [2.45, 2.75) is 31.8 Å². The zero-order valence-corrected chi connectivity index (χ0v) is 19.5. The van der Waals surface area contributed by atoms with Gasteiger partial charge in [0.1, 0.15) is 19.5 Å². The Morgan fingerprint density at radius 3 is 2.67 bits per heavy atom. The van der Waals surface area contributed by atoms with Gasteiger partial charge in [0, 0.05) is 12.6 Å². The number of halogens is 1. The molecule has 2 aliphatic carbocycles. The fourth-order valence-electron chi connectivity index (χ4n) is 4.20. The molecule has 0 radical (unpaired) electrons. The second kappa shape index (κ2) is 10.3. The van der Waals surface area contributed by atoms with E-state index in [0.29, 0.717) is 11.5 Å². The fourth-order valence-corrected chi connectivity index (χ4v) is 4.29. The van der Waals surface area contributed by atoms with Crippen molar-refractivity contribution < 1.29 is 23.9 Å². The van der Waals surface area contributed by atoms with Gasteiger partial charge in [-0.3, -0.25) is 4.79 Å². The van der Waals surface area contributed by atoms with Crippen LogP contribution in [0.1, 0.15) is 41.9 Å². The third-order valence-corrected chi connectivity index (χ3v) is 6.27. The predicted molar refractivity (Wildman–Crippen MR) is 124 cm³/mol. The number of oxime groups is 1. The van der Waals surface area contributed by atoms with Gasteiger partial charge in [-0.2, -0.15) is 0 Å². The quantitative estimate of drug-likeness (QED) is 0.295. The molecule has 2 amide bonds. The second-order valence-electron chi connectivity index (χ2n) is 8.37. The van der Waals surface area contributed by atoms with E-state index in [-0.39, 0.29) is 18.4 Å². The summed E-state index contributed by atoms with van der Waals surface area (Å²) in [6, 6.07) is 15.1. The van der Waals surface area contributed by atoms with Crippen LogP contribution in [0, 0.1) is 11.8 Å². The van der Waals surface area contributed by atoms with Crippen LogP contribution in [0.3, 0.4) is 0 Å². The summed E-state index contributed by atoms with van der Waals surface area (Å²) in [6.45, 7) is 0.224. The summed E-state index contributed by atoms with van der Waals surface area (Å²) in [5.41, 5.74) is 2.52. The van der Waals surface area contributed by atoms with Crippen LogP contribution in [-0.4, -0.2) is 42.8 Å². The van der Waals surface area contributed by atoms with Crippen LogP contribution in [0.5, 0.6) is 5.75 Å². The molecule has 2 aromatic rings.